The minimum Gasteiger partial charge on any atom is -0.395 e. The molecule has 0 aliphatic carbocycles. The van der Waals surface area contributed by atoms with E-state index in [0.717, 1.165) is 13.0 Å². The molecule has 1 aromatic carbocycles. The van der Waals surface area contributed by atoms with Crippen molar-refractivity contribution in [3.63, 3.8) is 0 Å². The normalized spacial score (nSPS) is 12.8. The third kappa shape index (κ3) is 3.94. The van der Waals surface area contributed by atoms with Crippen molar-refractivity contribution in [1.29, 1.82) is 0 Å². The van der Waals surface area contributed by atoms with E-state index in [1.165, 1.54) is 9.13 Å². The van der Waals surface area contributed by atoms with Crippen molar-refractivity contribution in [1.82, 2.24) is 5.32 Å². The van der Waals surface area contributed by atoms with E-state index in [9.17, 15) is 0 Å². The summed E-state index contributed by atoms with van der Waals surface area (Å²) in [5.74, 6) is 0. The molecule has 0 aliphatic heterocycles. The van der Waals surface area contributed by atoms with Gasteiger partial charge in [-0.05, 0) is 46.7 Å². The molecule has 0 radical (unpaired) electrons. The van der Waals surface area contributed by atoms with E-state index in [0.29, 0.717) is 0 Å². The van der Waals surface area contributed by atoms with Crippen LogP contribution in [0.25, 0.3) is 0 Å². The fourth-order valence-electron chi connectivity index (χ4n) is 1.20. The minimum absolute atomic E-state index is 0.209. The molecule has 1 atom stereocenters. The molecule has 14 heavy (non-hydrogen) atoms. The second-order valence-corrected chi connectivity index (χ2v) is 4.54. The zero-order valence-corrected chi connectivity index (χ0v) is 10.5. The van der Waals surface area contributed by atoms with E-state index in [4.69, 9.17) is 5.11 Å². The van der Waals surface area contributed by atoms with Gasteiger partial charge in [-0.2, -0.15) is 0 Å². The van der Waals surface area contributed by atoms with E-state index >= 15 is 0 Å². The second-order valence-electron chi connectivity index (χ2n) is 3.30. The maximum absolute atomic E-state index is 8.98. The minimum atomic E-state index is 0.209. The fraction of sp³-hybridized carbons (Fsp3) is 0.455. The largest absolute Gasteiger partial charge is 0.395 e. The highest BCUT2D eigenvalue weighted by Crippen LogP contribution is 2.06. The summed E-state index contributed by atoms with van der Waals surface area (Å²) in [4.78, 5) is 0. The lowest BCUT2D eigenvalue weighted by molar-refractivity contribution is 0.238. The van der Waals surface area contributed by atoms with Crippen molar-refractivity contribution in [2.75, 3.05) is 6.61 Å². The Labute approximate surface area is 98.9 Å². The summed E-state index contributed by atoms with van der Waals surface area (Å²) in [6.45, 7) is 3.11. The van der Waals surface area contributed by atoms with Crippen LogP contribution in [0, 0.1) is 3.57 Å². The number of aliphatic hydroxyl groups excluding tert-OH is 1. The quantitative estimate of drug-likeness (QED) is 0.817. The summed E-state index contributed by atoms with van der Waals surface area (Å²) in [6, 6.07) is 8.63. The predicted molar refractivity (Wildman–Crippen MR) is 67.2 cm³/mol. The lowest BCUT2D eigenvalue weighted by Crippen LogP contribution is -2.31. The lowest BCUT2D eigenvalue weighted by atomic mass is 10.2. The maximum atomic E-state index is 8.98. The third-order valence-electron chi connectivity index (χ3n) is 2.22. The fourth-order valence-corrected chi connectivity index (χ4v) is 1.56. The number of benzene rings is 1. The van der Waals surface area contributed by atoms with Gasteiger partial charge < -0.3 is 10.4 Å². The highest BCUT2D eigenvalue weighted by molar-refractivity contribution is 14.1. The van der Waals surface area contributed by atoms with Crippen molar-refractivity contribution < 1.29 is 5.11 Å². The SMILES string of the molecule is CCC(CO)NCc1ccc(I)cc1. The van der Waals surface area contributed by atoms with Crippen molar-refractivity contribution in [2.24, 2.45) is 0 Å². The molecule has 0 heterocycles. The molecule has 0 aromatic heterocycles. The number of aliphatic hydroxyl groups is 1. The molecule has 1 rings (SSSR count). The van der Waals surface area contributed by atoms with Crippen LogP contribution in [-0.2, 0) is 6.54 Å². The Morgan fingerprint density at radius 2 is 2.00 bits per heavy atom. The topological polar surface area (TPSA) is 32.3 Å². The van der Waals surface area contributed by atoms with Crippen LogP contribution in [0.2, 0.25) is 0 Å². The Bertz CT molecular complexity index is 256. The first-order valence-corrected chi connectivity index (χ1v) is 5.92. The Kier molecular flexibility index (Phi) is 5.44. The van der Waals surface area contributed by atoms with E-state index in [1.807, 2.05) is 0 Å². The monoisotopic (exact) mass is 305 g/mol. The molecular formula is C11H16INO. The van der Waals surface area contributed by atoms with Gasteiger partial charge in [0.1, 0.15) is 0 Å². The summed E-state index contributed by atoms with van der Waals surface area (Å²) in [5, 5.41) is 12.3. The van der Waals surface area contributed by atoms with Gasteiger partial charge in [-0.3, -0.25) is 0 Å². The van der Waals surface area contributed by atoms with Gasteiger partial charge in [0, 0.05) is 16.2 Å². The molecule has 3 heteroatoms. The molecule has 1 unspecified atom stereocenters. The Morgan fingerprint density at radius 3 is 2.50 bits per heavy atom. The number of hydrogen-bond donors (Lipinski definition) is 2. The smallest absolute Gasteiger partial charge is 0.0584 e. The van der Waals surface area contributed by atoms with Gasteiger partial charge in [-0.15, -0.1) is 0 Å². The van der Waals surface area contributed by atoms with Gasteiger partial charge >= 0.3 is 0 Å². The number of hydrogen-bond acceptors (Lipinski definition) is 2. The van der Waals surface area contributed by atoms with Crippen molar-refractivity contribution in [3.8, 4) is 0 Å². The number of halogens is 1. The van der Waals surface area contributed by atoms with E-state index in [1.54, 1.807) is 0 Å². The Hall–Kier alpha value is -0.130. The summed E-state index contributed by atoms with van der Waals surface area (Å²) >= 11 is 2.29. The standard InChI is InChI=1S/C11H16INO/c1-2-11(8-14)13-7-9-3-5-10(12)6-4-9/h3-6,11,13-14H,2,7-8H2,1H3. The first-order chi connectivity index (χ1) is 6.76. The molecule has 78 valence electrons. The molecular weight excluding hydrogens is 289 g/mol. The second kappa shape index (κ2) is 6.37. The Morgan fingerprint density at radius 1 is 1.36 bits per heavy atom. The molecule has 0 amide bonds. The number of nitrogens with one attached hydrogen (secondary N) is 1. The number of rotatable bonds is 5. The van der Waals surface area contributed by atoms with Crippen LogP contribution in [0.1, 0.15) is 18.9 Å². The third-order valence-corrected chi connectivity index (χ3v) is 2.94. The van der Waals surface area contributed by atoms with Crippen LogP contribution < -0.4 is 5.32 Å². The molecule has 0 saturated carbocycles. The molecule has 0 fully saturated rings. The first-order valence-electron chi connectivity index (χ1n) is 4.85. The van der Waals surface area contributed by atoms with E-state index < -0.39 is 0 Å². The van der Waals surface area contributed by atoms with Crippen LogP contribution in [0.4, 0.5) is 0 Å². The zero-order chi connectivity index (χ0) is 10.4. The highest BCUT2D eigenvalue weighted by atomic mass is 127. The molecule has 2 nitrogen and oxygen atoms in total. The molecule has 0 aliphatic rings. The average Bonchev–Trinajstić information content (AvgIpc) is 2.22. The van der Waals surface area contributed by atoms with Crippen molar-refractivity contribution in [2.45, 2.75) is 25.9 Å². The van der Waals surface area contributed by atoms with E-state index in [2.05, 4.69) is 59.1 Å². The van der Waals surface area contributed by atoms with E-state index in [-0.39, 0.29) is 12.6 Å². The summed E-state index contributed by atoms with van der Waals surface area (Å²) in [5.41, 5.74) is 1.26. The van der Waals surface area contributed by atoms with Crippen LogP contribution >= 0.6 is 22.6 Å². The van der Waals surface area contributed by atoms with Crippen LogP contribution in [0.3, 0.4) is 0 Å². The van der Waals surface area contributed by atoms with Gasteiger partial charge in [-0.1, -0.05) is 19.1 Å². The van der Waals surface area contributed by atoms with Gasteiger partial charge in [-0.25, -0.2) is 0 Å². The summed E-state index contributed by atoms with van der Waals surface area (Å²) in [7, 11) is 0. The lowest BCUT2D eigenvalue weighted by Gasteiger charge is -2.13. The first kappa shape index (κ1) is 11.9. The molecule has 1 aromatic rings. The predicted octanol–water partition coefficient (Wildman–Crippen LogP) is 2.15. The van der Waals surface area contributed by atoms with Crippen molar-refractivity contribution >= 4 is 22.6 Å². The van der Waals surface area contributed by atoms with Crippen molar-refractivity contribution in [3.05, 3.63) is 33.4 Å². The molecule has 0 bridgehead atoms. The van der Waals surface area contributed by atoms with Gasteiger partial charge in [0.2, 0.25) is 0 Å². The Balaban J connectivity index is 2.41. The summed E-state index contributed by atoms with van der Waals surface area (Å²) < 4.78 is 1.25. The van der Waals surface area contributed by atoms with Crippen LogP contribution in [0.5, 0.6) is 0 Å². The maximum Gasteiger partial charge on any atom is 0.0584 e. The van der Waals surface area contributed by atoms with Crippen LogP contribution in [-0.4, -0.2) is 17.8 Å². The van der Waals surface area contributed by atoms with Gasteiger partial charge in [0.15, 0.2) is 0 Å². The van der Waals surface area contributed by atoms with Gasteiger partial charge in [0.25, 0.3) is 0 Å². The molecule has 0 spiro atoms. The van der Waals surface area contributed by atoms with Gasteiger partial charge in [0.05, 0.1) is 6.61 Å². The van der Waals surface area contributed by atoms with Crippen LogP contribution in [0.15, 0.2) is 24.3 Å². The highest BCUT2D eigenvalue weighted by Gasteiger charge is 2.02. The molecule has 0 saturated heterocycles. The summed E-state index contributed by atoms with van der Waals surface area (Å²) in [6.07, 6.45) is 0.959. The zero-order valence-electron chi connectivity index (χ0n) is 8.33. The molecule has 2 N–H and O–H groups in total. The average molecular weight is 305 g/mol.